The Labute approximate surface area is 187 Å². The lowest BCUT2D eigenvalue weighted by atomic mass is 9.98. The van der Waals surface area contributed by atoms with Crippen molar-refractivity contribution >= 4 is 44.6 Å². The van der Waals surface area contributed by atoms with Gasteiger partial charge in [-0.25, -0.2) is 9.50 Å². The first-order valence-corrected chi connectivity index (χ1v) is 10.8. The van der Waals surface area contributed by atoms with Gasteiger partial charge >= 0.3 is 5.97 Å². The van der Waals surface area contributed by atoms with Crippen LogP contribution < -0.4 is 16.2 Å². The van der Waals surface area contributed by atoms with Crippen molar-refractivity contribution in [3.8, 4) is 16.2 Å². The summed E-state index contributed by atoms with van der Waals surface area (Å²) in [5.41, 5.74) is 14.8. The first-order chi connectivity index (χ1) is 15.3. The molecule has 0 aliphatic heterocycles. The number of carboxylic acids is 1. The van der Waals surface area contributed by atoms with Crippen molar-refractivity contribution in [2.45, 2.75) is 26.2 Å². The molecule has 9 nitrogen and oxygen atoms in total. The quantitative estimate of drug-likeness (QED) is 0.372. The fourth-order valence-corrected chi connectivity index (χ4v) is 5.08. The second kappa shape index (κ2) is 8.46. The highest BCUT2D eigenvalue weighted by Crippen LogP contribution is 2.42. The molecule has 0 saturated carbocycles. The van der Waals surface area contributed by atoms with E-state index in [0.717, 1.165) is 37.5 Å². The van der Waals surface area contributed by atoms with Crippen LogP contribution in [0.4, 0.5) is 5.82 Å². The van der Waals surface area contributed by atoms with Gasteiger partial charge in [0.05, 0.1) is 17.7 Å². The second-order valence-corrected chi connectivity index (χ2v) is 8.75. The summed E-state index contributed by atoms with van der Waals surface area (Å²) in [4.78, 5) is 27.9. The molecular weight excluding hydrogens is 430 g/mol. The molecular formula is C22H23N5O4S. The molecule has 0 spiro atoms. The van der Waals surface area contributed by atoms with Gasteiger partial charge in [0, 0.05) is 22.6 Å². The summed E-state index contributed by atoms with van der Waals surface area (Å²) in [7, 11) is 1.65. The van der Waals surface area contributed by atoms with Gasteiger partial charge in [0.2, 0.25) is 5.91 Å². The number of nitrogens with zero attached hydrogens (tertiary/aromatic N) is 3. The molecule has 1 atom stereocenters. The Kier molecular flexibility index (Phi) is 5.70. The number of benzene rings is 1. The Morgan fingerprint density at radius 1 is 1.28 bits per heavy atom. The number of aliphatic carboxylic acids is 1. The highest BCUT2D eigenvalue weighted by molar-refractivity contribution is 7.22. The van der Waals surface area contributed by atoms with Gasteiger partial charge in [-0.3, -0.25) is 9.59 Å². The first-order valence-electron chi connectivity index (χ1n) is 9.99. The van der Waals surface area contributed by atoms with Gasteiger partial charge in [-0.15, -0.1) is 11.3 Å². The Balaban J connectivity index is 1.79. The van der Waals surface area contributed by atoms with E-state index in [9.17, 15) is 14.7 Å². The third kappa shape index (κ3) is 3.96. The number of thiophene rings is 1. The summed E-state index contributed by atoms with van der Waals surface area (Å²) in [6, 6.07) is 8.12. The van der Waals surface area contributed by atoms with E-state index < -0.39 is 17.8 Å². The monoisotopic (exact) mass is 453 g/mol. The molecule has 4 aromatic rings. The summed E-state index contributed by atoms with van der Waals surface area (Å²) in [5, 5.41) is 14.8. The number of fused-ring (bicyclic) bond motifs is 2. The highest BCUT2D eigenvalue weighted by atomic mass is 32.1. The van der Waals surface area contributed by atoms with Gasteiger partial charge in [-0.2, -0.15) is 5.10 Å². The maximum Gasteiger partial charge on any atom is 0.307 e. The maximum absolute atomic E-state index is 11.5. The van der Waals surface area contributed by atoms with Gasteiger partial charge < -0.3 is 21.3 Å². The molecule has 3 aromatic heterocycles. The zero-order chi connectivity index (χ0) is 23.0. The van der Waals surface area contributed by atoms with E-state index in [-0.39, 0.29) is 12.8 Å². The normalized spacial score (nSPS) is 12.3. The van der Waals surface area contributed by atoms with Crippen molar-refractivity contribution in [1.29, 1.82) is 0 Å². The van der Waals surface area contributed by atoms with E-state index in [0.29, 0.717) is 17.8 Å². The minimum absolute atomic E-state index is 0.210. The van der Waals surface area contributed by atoms with Gasteiger partial charge in [-0.1, -0.05) is 6.07 Å². The average Bonchev–Trinajstić information content (AvgIpc) is 3.32. The van der Waals surface area contributed by atoms with Crippen LogP contribution in [-0.2, 0) is 16.0 Å². The van der Waals surface area contributed by atoms with Crippen LogP contribution in [0.5, 0.6) is 5.75 Å². The topological polar surface area (TPSA) is 146 Å². The second-order valence-electron chi connectivity index (χ2n) is 7.70. The minimum Gasteiger partial charge on any atom is -0.495 e. The maximum atomic E-state index is 11.5. The van der Waals surface area contributed by atoms with Crippen LogP contribution in [0.3, 0.4) is 0 Å². The smallest absolute Gasteiger partial charge is 0.307 e. The number of nitrogen functional groups attached to an aromatic ring is 1. The number of nitrogens with two attached hydrogens (primary N) is 2. The number of amides is 1. The molecule has 166 valence electrons. The first kappa shape index (κ1) is 21.6. The number of carboxylic acid groups (broad SMARTS) is 1. The van der Waals surface area contributed by atoms with Crippen LogP contribution in [0.2, 0.25) is 0 Å². The Morgan fingerprint density at radius 2 is 2.06 bits per heavy atom. The predicted octanol–water partition coefficient (Wildman–Crippen LogP) is 3.02. The standard InChI is InChI=1S/C22H23N5O4S/c1-11-5-13-7-17(32-20(13)16(6-11)31-2)15-9-14(27-19(15)21(24)25-10-26-27)4-3-12(22(29)30)8-18(23)28/h5-7,9-10,12H,3-4,8H2,1-2H3,(H2,23,28)(H,29,30)(H2,24,25,26)/t12-/m0/s1. The lowest BCUT2D eigenvalue weighted by Crippen LogP contribution is -2.23. The Bertz CT molecular complexity index is 1340. The van der Waals surface area contributed by atoms with E-state index in [4.69, 9.17) is 16.2 Å². The molecule has 0 radical (unpaired) electrons. The number of aromatic nitrogens is 3. The molecule has 1 aromatic carbocycles. The molecule has 5 N–H and O–H groups in total. The van der Waals surface area contributed by atoms with Crippen molar-refractivity contribution in [3.63, 3.8) is 0 Å². The van der Waals surface area contributed by atoms with Crippen LogP contribution in [0.15, 0.2) is 30.6 Å². The molecule has 1 amide bonds. The zero-order valence-electron chi connectivity index (χ0n) is 17.7. The van der Waals surface area contributed by atoms with Crippen LogP contribution >= 0.6 is 11.3 Å². The Hall–Kier alpha value is -3.66. The van der Waals surface area contributed by atoms with Gasteiger partial charge in [-0.05, 0) is 48.9 Å². The van der Waals surface area contributed by atoms with Gasteiger partial charge in [0.1, 0.15) is 17.6 Å². The third-order valence-electron chi connectivity index (χ3n) is 5.41. The number of ether oxygens (including phenoxy) is 1. The van der Waals surface area contributed by atoms with E-state index in [1.807, 2.05) is 19.1 Å². The predicted molar refractivity (Wildman–Crippen MR) is 123 cm³/mol. The number of rotatable bonds is 8. The molecule has 4 rings (SSSR count). The number of carbonyl (C=O) groups is 2. The van der Waals surface area contributed by atoms with Crippen molar-refractivity contribution in [2.24, 2.45) is 11.7 Å². The van der Waals surface area contributed by atoms with E-state index >= 15 is 0 Å². The van der Waals surface area contributed by atoms with Crippen molar-refractivity contribution in [3.05, 3.63) is 41.9 Å². The van der Waals surface area contributed by atoms with Crippen molar-refractivity contribution in [2.75, 3.05) is 12.8 Å². The number of aryl methyl sites for hydroxylation is 2. The lowest BCUT2D eigenvalue weighted by Gasteiger charge is -2.09. The summed E-state index contributed by atoms with van der Waals surface area (Å²) in [6.45, 7) is 2.02. The van der Waals surface area contributed by atoms with Crippen LogP contribution in [0.1, 0.15) is 24.1 Å². The number of hydrogen-bond acceptors (Lipinski definition) is 7. The lowest BCUT2D eigenvalue weighted by molar-refractivity contribution is -0.143. The Morgan fingerprint density at radius 3 is 2.75 bits per heavy atom. The van der Waals surface area contributed by atoms with Crippen molar-refractivity contribution < 1.29 is 19.4 Å². The van der Waals surface area contributed by atoms with Crippen molar-refractivity contribution in [1.82, 2.24) is 14.6 Å². The minimum atomic E-state index is -1.05. The highest BCUT2D eigenvalue weighted by Gasteiger charge is 2.23. The fraction of sp³-hybridized carbons (Fsp3) is 0.273. The zero-order valence-corrected chi connectivity index (χ0v) is 18.5. The van der Waals surface area contributed by atoms with E-state index in [1.165, 1.54) is 6.33 Å². The number of carbonyl (C=O) groups excluding carboxylic acids is 1. The van der Waals surface area contributed by atoms with Crippen LogP contribution in [0, 0.1) is 12.8 Å². The van der Waals surface area contributed by atoms with E-state index in [2.05, 4.69) is 22.2 Å². The molecule has 0 fully saturated rings. The summed E-state index contributed by atoms with van der Waals surface area (Å²) >= 11 is 1.58. The van der Waals surface area contributed by atoms with Gasteiger partial charge in [0.25, 0.3) is 0 Å². The van der Waals surface area contributed by atoms with E-state index in [1.54, 1.807) is 23.0 Å². The molecule has 0 bridgehead atoms. The molecule has 0 unspecified atom stereocenters. The SMILES string of the molecule is COc1cc(C)cc2cc(-c3cc(CC[C@@H](CC(N)=O)C(=O)O)n4ncnc(N)c34)sc12. The molecule has 10 heteroatoms. The summed E-state index contributed by atoms with van der Waals surface area (Å²) < 4.78 is 8.27. The average molecular weight is 454 g/mol. The number of hydrogen-bond donors (Lipinski definition) is 3. The number of anilines is 1. The molecule has 3 heterocycles. The molecule has 0 aliphatic rings. The third-order valence-corrected chi connectivity index (χ3v) is 6.61. The summed E-state index contributed by atoms with van der Waals surface area (Å²) in [5.74, 6) is -1.42. The molecule has 0 saturated heterocycles. The number of methoxy groups -OCH3 is 1. The van der Waals surface area contributed by atoms with Crippen LogP contribution in [-0.4, -0.2) is 38.7 Å². The largest absolute Gasteiger partial charge is 0.495 e. The summed E-state index contributed by atoms with van der Waals surface area (Å²) in [6.07, 6.45) is 1.78. The fourth-order valence-electron chi connectivity index (χ4n) is 3.93. The molecule has 32 heavy (non-hydrogen) atoms. The number of primary amides is 1. The van der Waals surface area contributed by atoms with Crippen LogP contribution in [0.25, 0.3) is 26.0 Å². The van der Waals surface area contributed by atoms with Gasteiger partial charge in [0.15, 0.2) is 5.82 Å². The molecule has 0 aliphatic carbocycles.